The lowest BCUT2D eigenvalue weighted by atomic mass is 9.90. The average molecular weight is 315 g/mol. The van der Waals surface area contributed by atoms with Crippen molar-refractivity contribution in [1.29, 1.82) is 0 Å². The quantitative estimate of drug-likeness (QED) is 0.476. The van der Waals surface area contributed by atoms with Gasteiger partial charge in [0.2, 0.25) is 0 Å². The van der Waals surface area contributed by atoms with Crippen molar-refractivity contribution in [2.45, 2.75) is 33.1 Å². The van der Waals surface area contributed by atoms with E-state index in [0.29, 0.717) is 0 Å². The molecule has 3 rings (SSSR count). The van der Waals surface area contributed by atoms with E-state index in [2.05, 4.69) is 63.4 Å². The fourth-order valence-electron chi connectivity index (χ4n) is 2.98. The third-order valence-electron chi connectivity index (χ3n) is 4.46. The number of rotatable bonds is 2. The first-order valence-corrected chi connectivity index (χ1v) is 8.49. The van der Waals surface area contributed by atoms with Crippen LogP contribution in [0.5, 0.6) is 0 Å². The largest absolute Gasteiger partial charge is 0.143 e. The van der Waals surface area contributed by atoms with Crippen molar-refractivity contribution >= 4 is 33.0 Å². The molecule has 0 fully saturated rings. The Labute approximate surface area is 135 Å². The summed E-state index contributed by atoms with van der Waals surface area (Å²) in [5, 5.41) is 3.40. The van der Waals surface area contributed by atoms with Crippen LogP contribution < -0.4 is 0 Å². The summed E-state index contributed by atoms with van der Waals surface area (Å²) >= 11 is 8.69. The van der Waals surface area contributed by atoms with Crippen molar-refractivity contribution in [3.63, 3.8) is 0 Å². The summed E-state index contributed by atoms with van der Waals surface area (Å²) in [5.74, 6) is 0. The highest BCUT2D eigenvalue weighted by atomic mass is 35.5. The van der Waals surface area contributed by atoms with Gasteiger partial charge in [0.25, 0.3) is 0 Å². The Morgan fingerprint density at radius 3 is 2.24 bits per heavy atom. The van der Waals surface area contributed by atoms with Gasteiger partial charge in [0.05, 0.1) is 5.38 Å². The zero-order valence-electron chi connectivity index (χ0n) is 12.8. The molecule has 21 heavy (non-hydrogen) atoms. The highest BCUT2D eigenvalue weighted by Crippen LogP contribution is 2.40. The molecule has 0 saturated carbocycles. The predicted octanol–water partition coefficient (Wildman–Crippen LogP) is 6.46. The number of halogens is 1. The van der Waals surface area contributed by atoms with Crippen LogP contribution >= 0.6 is 22.9 Å². The van der Waals surface area contributed by atoms with Gasteiger partial charge in [0.1, 0.15) is 0 Å². The number of hydrogen-bond acceptors (Lipinski definition) is 1. The fraction of sp³-hybridized carbons (Fsp3) is 0.263. The molecule has 2 aromatic carbocycles. The molecule has 3 aromatic rings. The summed E-state index contributed by atoms with van der Waals surface area (Å²) in [6, 6.07) is 10.8. The fourth-order valence-corrected chi connectivity index (χ4v) is 4.55. The van der Waals surface area contributed by atoms with Crippen LogP contribution in [0.1, 0.15) is 38.8 Å². The smallest absolute Gasteiger partial charge is 0.0854 e. The second kappa shape index (κ2) is 5.47. The van der Waals surface area contributed by atoms with Crippen LogP contribution in [0.2, 0.25) is 0 Å². The SMILES string of the molecule is Cc1cc(C)c(C)c(C(Cl)c2csc3ccccc23)c1C. The molecule has 0 amide bonds. The number of hydrogen-bond donors (Lipinski definition) is 0. The molecule has 0 radical (unpaired) electrons. The van der Waals surface area contributed by atoms with Gasteiger partial charge in [-0.1, -0.05) is 24.3 Å². The van der Waals surface area contributed by atoms with Crippen molar-refractivity contribution in [2.24, 2.45) is 0 Å². The molecule has 0 N–H and O–H groups in total. The zero-order valence-corrected chi connectivity index (χ0v) is 14.4. The average Bonchev–Trinajstić information content (AvgIpc) is 2.89. The molecule has 0 aliphatic rings. The van der Waals surface area contributed by atoms with E-state index in [1.807, 2.05) is 0 Å². The Bertz CT molecular complexity index is 788. The van der Waals surface area contributed by atoms with Gasteiger partial charge < -0.3 is 0 Å². The van der Waals surface area contributed by atoms with Gasteiger partial charge in [-0.3, -0.25) is 0 Å². The van der Waals surface area contributed by atoms with Crippen LogP contribution in [0.4, 0.5) is 0 Å². The number of fused-ring (bicyclic) bond motifs is 1. The summed E-state index contributed by atoms with van der Waals surface area (Å²) in [6.45, 7) is 8.70. The lowest BCUT2D eigenvalue weighted by Gasteiger charge is -2.19. The molecule has 108 valence electrons. The van der Waals surface area contributed by atoms with Gasteiger partial charge in [-0.2, -0.15) is 0 Å². The lowest BCUT2D eigenvalue weighted by Crippen LogP contribution is -2.03. The highest BCUT2D eigenvalue weighted by molar-refractivity contribution is 7.17. The van der Waals surface area contributed by atoms with Crippen molar-refractivity contribution < 1.29 is 0 Å². The van der Waals surface area contributed by atoms with E-state index in [1.165, 1.54) is 43.5 Å². The van der Waals surface area contributed by atoms with Crippen LogP contribution in [0.25, 0.3) is 10.1 Å². The van der Waals surface area contributed by atoms with Crippen molar-refractivity contribution in [3.8, 4) is 0 Å². The minimum absolute atomic E-state index is 0.0836. The molecule has 0 spiro atoms. The second-order valence-corrected chi connectivity index (χ2v) is 7.07. The first-order valence-electron chi connectivity index (χ1n) is 7.18. The number of alkyl halides is 1. The van der Waals surface area contributed by atoms with Crippen molar-refractivity contribution in [2.75, 3.05) is 0 Å². The van der Waals surface area contributed by atoms with Gasteiger partial charge in [0, 0.05) is 4.70 Å². The van der Waals surface area contributed by atoms with Crippen molar-refractivity contribution in [3.05, 3.63) is 69.1 Å². The molecule has 0 saturated heterocycles. The van der Waals surface area contributed by atoms with Gasteiger partial charge in [-0.05, 0) is 77.9 Å². The molecule has 1 atom stereocenters. The van der Waals surface area contributed by atoms with E-state index < -0.39 is 0 Å². The first-order chi connectivity index (χ1) is 10.0. The molecule has 1 heterocycles. The minimum atomic E-state index is -0.0836. The normalized spacial score (nSPS) is 12.8. The third kappa shape index (κ3) is 2.39. The van der Waals surface area contributed by atoms with Crippen LogP contribution in [-0.4, -0.2) is 0 Å². The molecule has 0 nitrogen and oxygen atoms in total. The van der Waals surface area contributed by atoms with Gasteiger partial charge in [-0.25, -0.2) is 0 Å². The Morgan fingerprint density at radius 2 is 1.57 bits per heavy atom. The Morgan fingerprint density at radius 1 is 0.952 bits per heavy atom. The van der Waals surface area contributed by atoms with Gasteiger partial charge in [0.15, 0.2) is 0 Å². The molecular formula is C19H19ClS. The topological polar surface area (TPSA) is 0 Å². The third-order valence-corrected chi connectivity index (χ3v) is 5.90. The van der Waals surface area contributed by atoms with Crippen LogP contribution in [0, 0.1) is 27.7 Å². The summed E-state index contributed by atoms with van der Waals surface area (Å²) in [4.78, 5) is 0. The highest BCUT2D eigenvalue weighted by Gasteiger charge is 2.20. The molecule has 1 aromatic heterocycles. The van der Waals surface area contributed by atoms with Crippen LogP contribution in [0.15, 0.2) is 35.7 Å². The molecule has 0 aliphatic heterocycles. The molecule has 2 heteroatoms. The predicted molar refractivity (Wildman–Crippen MR) is 94.9 cm³/mol. The lowest BCUT2D eigenvalue weighted by molar-refractivity contribution is 1.07. The number of thiophene rings is 1. The number of benzene rings is 2. The Hall–Kier alpha value is -1.31. The van der Waals surface area contributed by atoms with E-state index in [0.717, 1.165) is 0 Å². The van der Waals surface area contributed by atoms with E-state index >= 15 is 0 Å². The molecule has 0 aliphatic carbocycles. The van der Waals surface area contributed by atoms with Crippen LogP contribution in [0.3, 0.4) is 0 Å². The summed E-state index contributed by atoms with van der Waals surface area (Å²) < 4.78 is 1.30. The maximum absolute atomic E-state index is 6.91. The molecule has 1 unspecified atom stereocenters. The maximum Gasteiger partial charge on any atom is 0.0854 e. The summed E-state index contributed by atoms with van der Waals surface area (Å²) in [7, 11) is 0. The minimum Gasteiger partial charge on any atom is -0.143 e. The first kappa shape index (κ1) is 14.6. The number of aryl methyl sites for hydroxylation is 2. The molecule has 0 bridgehead atoms. The standard InChI is InChI=1S/C19H19ClS/c1-11-9-12(2)14(4)18(13(11)3)19(20)16-10-21-17-8-6-5-7-15(16)17/h5-10,19H,1-4H3. The van der Waals surface area contributed by atoms with Gasteiger partial charge >= 0.3 is 0 Å². The Balaban J connectivity index is 2.21. The van der Waals surface area contributed by atoms with Gasteiger partial charge in [-0.15, -0.1) is 22.9 Å². The second-order valence-electron chi connectivity index (χ2n) is 5.72. The summed E-state index contributed by atoms with van der Waals surface area (Å²) in [6.07, 6.45) is 0. The molecular weight excluding hydrogens is 296 g/mol. The van der Waals surface area contributed by atoms with E-state index in [1.54, 1.807) is 11.3 Å². The van der Waals surface area contributed by atoms with E-state index in [-0.39, 0.29) is 5.38 Å². The Kier molecular flexibility index (Phi) is 3.81. The zero-order chi connectivity index (χ0) is 15.1. The van der Waals surface area contributed by atoms with Crippen LogP contribution in [-0.2, 0) is 0 Å². The van der Waals surface area contributed by atoms with E-state index in [4.69, 9.17) is 11.6 Å². The summed E-state index contributed by atoms with van der Waals surface area (Å²) in [5.41, 5.74) is 7.77. The van der Waals surface area contributed by atoms with E-state index in [9.17, 15) is 0 Å². The monoisotopic (exact) mass is 314 g/mol. The maximum atomic E-state index is 6.91. The van der Waals surface area contributed by atoms with Crippen molar-refractivity contribution in [1.82, 2.24) is 0 Å².